The third-order valence-electron chi connectivity index (χ3n) is 13.2. The van der Waals surface area contributed by atoms with Crippen LogP contribution in [0.2, 0.25) is 0 Å². The zero-order valence-corrected chi connectivity index (χ0v) is 43.7. The van der Waals surface area contributed by atoms with E-state index in [-0.39, 0.29) is 49.7 Å². The molecule has 412 valence electrons. The zero-order chi connectivity index (χ0) is 56.1. The van der Waals surface area contributed by atoms with Crippen LogP contribution in [-0.2, 0) is 54.3 Å². The summed E-state index contributed by atoms with van der Waals surface area (Å²) in [5, 5.41) is 45.8. The smallest absolute Gasteiger partial charge is 0.327 e. The number of benzene rings is 1. The van der Waals surface area contributed by atoms with Gasteiger partial charge in [-0.1, -0.05) is 93.6 Å². The summed E-state index contributed by atoms with van der Waals surface area (Å²) >= 11 is 0. The molecule has 1 aliphatic carbocycles. The predicted octanol–water partition coefficient (Wildman–Crippen LogP) is 0.289. The van der Waals surface area contributed by atoms with Gasteiger partial charge < -0.3 is 68.3 Å². The number of likely N-dealkylation sites (N-methyl/N-ethyl adjacent to an activating group) is 1. The van der Waals surface area contributed by atoms with Crippen LogP contribution in [0.15, 0.2) is 83.6 Å². The van der Waals surface area contributed by atoms with Gasteiger partial charge in [0.25, 0.3) is 5.91 Å². The molecule has 0 saturated carbocycles. The monoisotopic (exact) mass is 1050 g/mol. The number of amides is 7. The van der Waals surface area contributed by atoms with Crippen molar-refractivity contribution < 1.29 is 63.2 Å². The van der Waals surface area contributed by atoms with Crippen molar-refractivity contribution in [3.8, 4) is 0 Å². The average molecular weight is 1050 g/mol. The number of aliphatic carboxylic acids is 2. The Morgan fingerprint density at radius 3 is 2.08 bits per heavy atom. The van der Waals surface area contributed by atoms with E-state index in [0.29, 0.717) is 24.8 Å². The van der Waals surface area contributed by atoms with E-state index in [1.807, 2.05) is 43.3 Å². The van der Waals surface area contributed by atoms with E-state index < -0.39 is 126 Å². The lowest BCUT2D eigenvalue weighted by molar-refractivity contribution is -0.146. The third-order valence-corrected chi connectivity index (χ3v) is 13.2. The lowest BCUT2D eigenvalue weighted by atomic mass is 9.88. The van der Waals surface area contributed by atoms with Gasteiger partial charge in [0.05, 0.1) is 30.1 Å². The number of nitrogens with two attached hydrogens (primary N) is 2. The number of carbonyl (C=O) groups is 9. The predicted molar refractivity (Wildman–Crippen MR) is 277 cm³/mol. The van der Waals surface area contributed by atoms with Crippen molar-refractivity contribution in [3.05, 3.63) is 84.1 Å². The Bertz CT molecular complexity index is 2340. The van der Waals surface area contributed by atoms with E-state index in [1.165, 1.54) is 40.0 Å². The Kier molecular flexibility index (Phi) is 24.8. The van der Waals surface area contributed by atoms with Crippen LogP contribution in [0.1, 0.15) is 85.1 Å². The molecule has 75 heavy (non-hydrogen) atoms. The van der Waals surface area contributed by atoms with Crippen molar-refractivity contribution in [3.63, 3.8) is 0 Å². The van der Waals surface area contributed by atoms with Gasteiger partial charge >= 0.3 is 11.9 Å². The number of rotatable bonds is 15. The van der Waals surface area contributed by atoms with Crippen molar-refractivity contribution in [2.45, 2.75) is 134 Å². The number of carbonyl (C=O) groups excluding carboxylic acids is 7. The molecule has 0 aromatic heterocycles. The summed E-state index contributed by atoms with van der Waals surface area (Å²) in [6.45, 7) is 11.3. The first kappa shape index (κ1) is 61.9. The van der Waals surface area contributed by atoms with Crippen molar-refractivity contribution >= 4 is 59.2 Å². The molecule has 23 heteroatoms. The number of nitrogens with zero attached hydrogens (tertiary/aromatic N) is 2. The van der Waals surface area contributed by atoms with Crippen molar-refractivity contribution in [2.24, 2.45) is 40.1 Å². The van der Waals surface area contributed by atoms with Crippen LogP contribution >= 0.6 is 0 Å². The Morgan fingerprint density at radius 2 is 1.48 bits per heavy atom. The number of carboxylic acids is 2. The molecule has 7 amide bonds. The summed E-state index contributed by atoms with van der Waals surface area (Å²) in [6, 6.07) is 0.729. The summed E-state index contributed by atoms with van der Waals surface area (Å²) in [5.41, 5.74) is 12.4. The Balaban J connectivity index is 2.13. The molecule has 0 bridgehead atoms. The molecule has 1 aromatic carbocycles. The molecular weight excluding hydrogens is 973 g/mol. The zero-order valence-electron chi connectivity index (χ0n) is 43.7. The first-order chi connectivity index (χ1) is 35.3. The Hall–Kier alpha value is -7.40. The van der Waals surface area contributed by atoms with Crippen molar-refractivity contribution in [1.82, 2.24) is 36.8 Å². The Morgan fingerprint density at radius 1 is 0.840 bits per heavy atom. The fourth-order valence-corrected chi connectivity index (χ4v) is 8.35. The number of aliphatic hydroxyl groups is 1. The van der Waals surface area contributed by atoms with Gasteiger partial charge in [-0.15, -0.1) is 0 Å². The van der Waals surface area contributed by atoms with Gasteiger partial charge in [-0.3, -0.25) is 38.6 Å². The number of methoxy groups -OCH3 is 1. The molecule has 23 nitrogen and oxygen atoms in total. The molecular formula is C52H76N10O13. The van der Waals surface area contributed by atoms with E-state index in [9.17, 15) is 58.5 Å². The van der Waals surface area contributed by atoms with E-state index in [1.54, 1.807) is 26.2 Å². The van der Waals surface area contributed by atoms with Gasteiger partial charge in [-0.2, -0.15) is 0 Å². The van der Waals surface area contributed by atoms with Crippen molar-refractivity contribution in [2.75, 3.05) is 20.7 Å². The summed E-state index contributed by atoms with van der Waals surface area (Å²) in [6.07, 6.45) is 7.62. The SMILES string of the molecule is C=C1C(=O)N[C@H](C)C(=O)N[C@@H](C[C@H]2C=C[C@H](O)CC2)C(=O)N[C@@H](C(=O)O)[C@H](C)C(=O)N[C@@H](CCCN=C(N)N)C(=O)N[C@@H](/C=C/C(C)=C/[C@H](C)[C@H](Cc2ccccc2)OC)[C@H](C)C(=O)N[C@@H](C(=O)O)CCC(=O)N1C. The van der Waals surface area contributed by atoms with Crippen LogP contribution in [0.5, 0.6) is 0 Å². The average Bonchev–Trinajstić information content (AvgIpc) is 3.36. The number of hydrogen-bond donors (Lipinski definition) is 11. The molecule has 2 aliphatic rings. The largest absolute Gasteiger partial charge is 0.480 e. The highest BCUT2D eigenvalue weighted by Crippen LogP contribution is 2.23. The lowest BCUT2D eigenvalue weighted by Gasteiger charge is -2.29. The molecule has 0 radical (unpaired) electrons. The molecule has 3 rings (SSSR count). The minimum Gasteiger partial charge on any atom is -0.480 e. The van der Waals surface area contributed by atoms with Crippen LogP contribution in [0.4, 0.5) is 0 Å². The molecule has 0 unspecified atom stereocenters. The first-order valence-corrected chi connectivity index (χ1v) is 24.9. The molecule has 1 saturated heterocycles. The standard InChI is InChI=1S/C52H76N10O13/c1-28(25-29(2)41(75-8)27-34-13-10-9-11-14-34)16-21-37-30(3)44(65)59-39(50(71)72)22-23-42(64)62(7)33(6)47(68)56-32(5)46(67)60-40(26-35-17-19-36(63)20-18-35)49(70)61-43(51(73)74)31(4)45(66)58-38(48(69)57-37)15-12-24-55-52(53)54/h9-11,13-14,16-17,19,21,25,29-32,35-41,43,63H,6,12,15,18,20,22-24,26-27H2,1-5,7-8H3,(H,56,68)(H,57,69)(H,58,66)(H,59,65)(H,60,67)(H,61,70)(H,71,72)(H,73,74)(H4,53,54,55)/b21-16+,28-25+/t29-,30-,31-,32+,35-,36-,37-,38-,39+,40-,41-,43+/m0/s1. The molecule has 13 N–H and O–H groups in total. The second-order valence-electron chi connectivity index (χ2n) is 19.2. The maximum Gasteiger partial charge on any atom is 0.327 e. The number of nitrogens with one attached hydrogen (secondary N) is 6. The van der Waals surface area contributed by atoms with Gasteiger partial charge in [0, 0.05) is 33.0 Å². The van der Waals surface area contributed by atoms with E-state index in [4.69, 9.17) is 16.2 Å². The fourth-order valence-electron chi connectivity index (χ4n) is 8.35. The van der Waals surface area contributed by atoms with Crippen LogP contribution in [0, 0.1) is 23.7 Å². The summed E-state index contributed by atoms with van der Waals surface area (Å²) in [4.78, 5) is 127. The van der Waals surface area contributed by atoms with E-state index in [2.05, 4.69) is 43.5 Å². The van der Waals surface area contributed by atoms with Crippen LogP contribution in [-0.4, -0.2) is 149 Å². The summed E-state index contributed by atoms with van der Waals surface area (Å²) in [5.74, 6) is -13.0. The van der Waals surface area contributed by atoms with E-state index >= 15 is 0 Å². The highest BCUT2D eigenvalue weighted by molar-refractivity contribution is 6.00. The summed E-state index contributed by atoms with van der Waals surface area (Å²) in [7, 11) is 2.81. The number of carboxylic acid groups (broad SMARTS) is 2. The van der Waals surface area contributed by atoms with E-state index in [0.717, 1.165) is 10.5 Å². The number of hydrogen-bond acceptors (Lipinski definition) is 12. The second-order valence-corrected chi connectivity index (χ2v) is 19.2. The second kappa shape index (κ2) is 30.1. The topological polar surface area (TPSA) is 363 Å². The minimum atomic E-state index is -1.93. The van der Waals surface area contributed by atoms with Crippen LogP contribution in [0.3, 0.4) is 0 Å². The molecule has 1 aromatic rings. The number of aliphatic hydroxyl groups excluding tert-OH is 1. The number of allylic oxidation sites excluding steroid dienone is 3. The molecule has 12 atom stereocenters. The molecule has 1 fully saturated rings. The van der Waals surface area contributed by atoms with Gasteiger partial charge in [0.2, 0.25) is 35.4 Å². The lowest BCUT2D eigenvalue weighted by Crippen LogP contribution is -2.59. The number of aliphatic imine (C=N–C) groups is 1. The van der Waals surface area contributed by atoms with Gasteiger partial charge in [-0.05, 0) is 70.3 Å². The third kappa shape index (κ3) is 20.1. The Labute approximate surface area is 437 Å². The minimum absolute atomic E-state index is 0.00985. The highest BCUT2D eigenvalue weighted by atomic mass is 16.5. The molecule has 1 heterocycles. The van der Waals surface area contributed by atoms with Crippen molar-refractivity contribution in [1.29, 1.82) is 0 Å². The van der Waals surface area contributed by atoms with Gasteiger partial charge in [0.1, 0.15) is 35.9 Å². The van der Waals surface area contributed by atoms with Gasteiger partial charge in [0.15, 0.2) is 5.96 Å². The molecule has 1 aliphatic heterocycles. The maximum absolute atomic E-state index is 14.5. The number of ether oxygens (including phenoxy) is 1. The summed E-state index contributed by atoms with van der Waals surface area (Å²) < 4.78 is 5.82. The number of guanidine groups is 1. The van der Waals surface area contributed by atoms with Crippen LogP contribution in [0.25, 0.3) is 0 Å². The fraction of sp³-hybridized carbons (Fsp3) is 0.538. The van der Waals surface area contributed by atoms with Gasteiger partial charge in [-0.25, -0.2) is 9.59 Å². The first-order valence-electron chi connectivity index (χ1n) is 24.9. The van der Waals surface area contributed by atoms with Crippen LogP contribution < -0.4 is 43.4 Å². The maximum atomic E-state index is 14.5. The quantitative estimate of drug-likeness (QED) is 0.0281. The highest BCUT2D eigenvalue weighted by Gasteiger charge is 2.38. The molecule has 0 spiro atoms. The normalized spacial score (nSPS) is 27.5.